The molecule has 1 N–H and O–H groups in total. The zero-order valence-corrected chi connectivity index (χ0v) is 20.5. The molecule has 0 aliphatic heterocycles. The Morgan fingerprint density at radius 3 is 2.50 bits per heavy atom. The molecule has 0 radical (unpaired) electrons. The summed E-state index contributed by atoms with van der Waals surface area (Å²) in [6, 6.07) is 3.46. The number of hydrogen-bond acceptors (Lipinski definition) is 8. The topological polar surface area (TPSA) is 112 Å². The van der Waals surface area contributed by atoms with Crippen LogP contribution in [0.25, 0.3) is 28.6 Å². The lowest BCUT2D eigenvalue weighted by atomic mass is 10.1. The van der Waals surface area contributed by atoms with E-state index in [2.05, 4.69) is 19.9 Å². The van der Waals surface area contributed by atoms with E-state index in [0.717, 1.165) is 23.8 Å². The summed E-state index contributed by atoms with van der Waals surface area (Å²) in [4.78, 5) is 20.0. The van der Waals surface area contributed by atoms with Gasteiger partial charge in [-0.25, -0.2) is 9.78 Å². The summed E-state index contributed by atoms with van der Waals surface area (Å²) >= 11 is 18.5. The predicted molar refractivity (Wildman–Crippen MR) is 122 cm³/mol. The van der Waals surface area contributed by atoms with Crippen LogP contribution in [0.2, 0.25) is 15.1 Å². The molecule has 0 bridgehead atoms. The van der Waals surface area contributed by atoms with Gasteiger partial charge in [0.25, 0.3) is 5.89 Å². The average Bonchev–Trinajstić information content (AvgIpc) is 3.45. The number of esters is 1. The van der Waals surface area contributed by atoms with Crippen molar-refractivity contribution in [2.24, 2.45) is 0 Å². The van der Waals surface area contributed by atoms with Crippen LogP contribution < -0.4 is 4.74 Å². The number of hydrogen-bond donors (Lipinski definition) is 1. The molecule has 0 aliphatic carbocycles. The summed E-state index contributed by atoms with van der Waals surface area (Å²) in [6.07, 6.45) is -2.50. The van der Waals surface area contributed by atoms with Crippen molar-refractivity contribution < 1.29 is 37.1 Å². The number of rotatable bonds is 6. The molecular formula is C21H14Cl3F3N4O5. The third kappa shape index (κ3) is 5.07. The molecule has 1 aromatic carbocycles. The molecule has 3 aromatic heterocycles. The Hall–Kier alpha value is -3.06. The van der Waals surface area contributed by atoms with E-state index in [4.69, 9.17) is 44.1 Å². The third-order valence-corrected chi connectivity index (χ3v) is 5.76. The van der Waals surface area contributed by atoms with Gasteiger partial charge in [-0.3, -0.25) is 0 Å². The Labute approximate surface area is 215 Å². The highest BCUT2D eigenvalue weighted by molar-refractivity contribution is 6.36. The minimum atomic E-state index is -4.60. The van der Waals surface area contributed by atoms with Crippen LogP contribution in [-0.2, 0) is 15.7 Å². The van der Waals surface area contributed by atoms with Gasteiger partial charge in [0.2, 0.25) is 5.82 Å². The zero-order chi connectivity index (χ0) is 26.4. The van der Waals surface area contributed by atoms with Crippen LogP contribution in [0.15, 0.2) is 35.1 Å². The van der Waals surface area contributed by atoms with Crippen LogP contribution >= 0.6 is 34.8 Å². The Morgan fingerprint density at radius 1 is 1.11 bits per heavy atom. The van der Waals surface area contributed by atoms with E-state index < -0.39 is 29.9 Å². The van der Waals surface area contributed by atoms with Gasteiger partial charge in [-0.1, -0.05) is 40.0 Å². The second kappa shape index (κ2) is 9.43. The first-order valence-corrected chi connectivity index (χ1v) is 11.0. The van der Waals surface area contributed by atoms with Crippen molar-refractivity contribution in [3.8, 4) is 28.7 Å². The SMILES string of the molecule is COC(=O)C(C)(O)COc1cc(Cl)c(-c2noc(-c3cn4cc(C(F)(F)F)cc(Cl)c4n3)n2)cc1Cl. The molecule has 36 heavy (non-hydrogen) atoms. The van der Waals surface area contributed by atoms with Gasteiger partial charge in [-0.2, -0.15) is 18.2 Å². The summed E-state index contributed by atoms with van der Waals surface area (Å²) in [5.41, 5.74) is -2.51. The van der Waals surface area contributed by atoms with Gasteiger partial charge < -0.3 is 23.5 Å². The van der Waals surface area contributed by atoms with E-state index in [0.29, 0.717) is 0 Å². The van der Waals surface area contributed by atoms with Crippen LogP contribution in [0.3, 0.4) is 0 Å². The fourth-order valence-corrected chi connectivity index (χ4v) is 3.77. The number of benzene rings is 1. The summed E-state index contributed by atoms with van der Waals surface area (Å²) in [5.74, 6) is -0.943. The molecule has 1 atom stereocenters. The lowest BCUT2D eigenvalue weighted by Crippen LogP contribution is -2.42. The highest BCUT2D eigenvalue weighted by Crippen LogP contribution is 2.37. The Balaban J connectivity index is 1.61. The maximum Gasteiger partial charge on any atom is 0.417 e. The third-order valence-electron chi connectivity index (χ3n) is 4.88. The second-order valence-electron chi connectivity index (χ2n) is 7.67. The van der Waals surface area contributed by atoms with Gasteiger partial charge in [0, 0.05) is 24.0 Å². The number of alkyl halides is 3. The molecule has 4 rings (SSSR count). The average molecular weight is 566 g/mol. The van der Waals surface area contributed by atoms with Gasteiger partial charge in [-0.05, 0) is 19.1 Å². The first-order valence-electron chi connectivity index (χ1n) is 9.82. The van der Waals surface area contributed by atoms with Crippen molar-refractivity contribution in [2.75, 3.05) is 13.7 Å². The van der Waals surface area contributed by atoms with Gasteiger partial charge in [0.1, 0.15) is 18.1 Å². The molecule has 0 spiro atoms. The number of carbonyl (C=O) groups excluding carboxylic acids is 1. The number of fused-ring (bicyclic) bond motifs is 1. The highest BCUT2D eigenvalue weighted by Gasteiger charge is 2.33. The molecule has 0 amide bonds. The standard InChI is InChI=1S/C21H14Cl3F3N4O5/c1-20(33,19(32)34-2)8-35-15-5-11(22)10(4-12(15)23)16-29-18(36-30-16)14-7-31-6-9(21(25,26)27)3-13(24)17(31)28-14/h3-7,33H,8H2,1-2H3. The first kappa shape index (κ1) is 26.0. The molecule has 3 heterocycles. The maximum absolute atomic E-state index is 13.1. The van der Waals surface area contributed by atoms with Crippen LogP contribution in [-0.4, -0.2) is 49.9 Å². The molecule has 0 fully saturated rings. The van der Waals surface area contributed by atoms with Crippen LogP contribution in [0.1, 0.15) is 12.5 Å². The van der Waals surface area contributed by atoms with Gasteiger partial charge in [0.05, 0.1) is 27.7 Å². The molecule has 15 heteroatoms. The summed E-state index contributed by atoms with van der Waals surface area (Å²) in [5, 5.41) is 13.9. The van der Waals surface area contributed by atoms with Crippen molar-refractivity contribution >= 4 is 46.4 Å². The van der Waals surface area contributed by atoms with E-state index >= 15 is 0 Å². The fourth-order valence-electron chi connectivity index (χ4n) is 3.06. The lowest BCUT2D eigenvalue weighted by molar-refractivity contribution is -0.163. The Bertz CT molecular complexity index is 1470. The number of imidazole rings is 1. The minimum absolute atomic E-state index is 0.00383. The fraction of sp³-hybridized carbons (Fsp3) is 0.238. The number of pyridine rings is 1. The van der Waals surface area contributed by atoms with Crippen molar-refractivity contribution in [3.63, 3.8) is 0 Å². The number of methoxy groups -OCH3 is 1. The monoisotopic (exact) mass is 564 g/mol. The number of ether oxygens (including phenoxy) is 2. The highest BCUT2D eigenvalue weighted by atomic mass is 35.5. The molecule has 190 valence electrons. The minimum Gasteiger partial charge on any atom is -0.488 e. The summed E-state index contributed by atoms with van der Waals surface area (Å²) in [6.45, 7) is 0.744. The van der Waals surface area contributed by atoms with Gasteiger partial charge in [0.15, 0.2) is 11.2 Å². The van der Waals surface area contributed by atoms with Crippen molar-refractivity contribution in [2.45, 2.75) is 18.7 Å². The van der Waals surface area contributed by atoms with E-state index in [9.17, 15) is 23.1 Å². The van der Waals surface area contributed by atoms with Crippen LogP contribution in [0.4, 0.5) is 13.2 Å². The van der Waals surface area contributed by atoms with Crippen molar-refractivity contribution in [1.29, 1.82) is 0 Å². The number of aliphatic hydroxyl groups is 1. The normalized spacial score (nSPS) is 13.6. The molecule has 0 saturated heterocycles. The quantitative estimate of drug-likeness (QED) is 0.312. The van der Waals surface area contributed by atoms with Gasteiger partial charge >= 0.3 is 12.1 Å². The Kier molecular flexibility index (Phi) is 6.82. The largest absolute Gasteiger partial charge is 0.488 e. The van der Waals surface area contributed by atoms with Crippen molar-refractivity contribution in [1.82, 2.24) is 19.5 Å². The molecule has 9 nitrogen and oxygen atoms in total. The second-order valence-corrected chi connectivity index (χ2v) is 8.89. The molecular weight excluding hydrogens is 552 g/mol. The Morgan fingerprint density at radius 2 is 1.83 bits per heavy atom. The zero-order valence-electron chi connectivity index (χ0n) is 18.2. The van der Waals surface area contributed by atoms with Crippen molar-refractivity contribution in [3.05, 3.63) is 51.2 Å². The number of halogens is 6. The predicted octanol–water partition coefficient (Wildman–Crippen LogP) is 5.33. The maximum atomic E-state index is 13.1. The first-order chi connectivity index (χ1) is 16.8. The van der Waals surface area contributed by atoms with E-state index in [1.807, 2.05) is 0 Å². The molecule has 0 saturated carbocycles. The molecule has 1 unspecified atom stereocenters. The van der Waals surface area contributed by atoms with E-state index in [1.165, 1.54) is 25.3 Å². The number of nitrogens with zero attached hydrogens (tertiary/aromatic N) is 4. The van der Waals surface area contributed by atoms with Crippen LogP contribution in [0, 0.1) is 0 Å². The van der Waals surface area contributed by atoms with Gasteiger partial charge in [-0.15, -0.1) is 0 Å². The summed E-state index contributed by atoms with van der Waals surface area (Å²) in [7, 11) is 1.12. The smallest absolute Gasteiger partial charge is 0.417 e. The summed E-state index contributed by atoms with van der Waals surface area (Å²) < 4.78 is 55.4. The number of aromatic nitrogens is 4. The lowest BCUT2D eigenvalue weighted by Gasteiger charge is -2.21. The number of carbonyl (C=O) groups is 1. The molecule has 4 aromatic rings. The van der Waals surface area contributed by atoms with Crippen LogP contribution in [0.5, 0.6) is 5.75 Å². The molecule has 0 aliphatic rings. The van der Waals surface area contributed by atoms with E-state index in [-0.39, 0.29) is 49.4 Å². The van der Waals surface area contributed by atoms with E-state index in [1.54, 1.807) is 0 Å².